The third-order valence-corrected chi connectivity index (χ3v) is 3.15. The minimum atomic E-state index is -0.296. The zero-order valence-corrected chi connectivity index (χ0v) is 13.4. The first-order valence-electron chi connectivity index (χ1n) is 7.15. The first-order valence-corrected chi connectivity index (χ1v) is 7.52. The van der Waals surface area contributed by atoms with Gasteiger partial charge in [0.1, 0.15) is 5.75 Å². The molecule has 120 valence electrons. The van der Waals surface area contributed by atoms with Crippen LogP contribution in [0.3, 0.4) is 0 Å². The maximum absolute atomic E-state index is 11.9. The minimum Gasteiger partial charge on any atom is -0.484 e. The van der Waals surface area contributed by atoms with Gasteiger partial charge < -0.3 is 15.4 Å². The summed E-state index contributed by atoms with van der Waals surface area (Å²) in [6.07, 6.45) is 0.396. The maximum atomic E-state index is 11.9. The summed E-state index contributed by atoms with van der Waals surface area (Å²) in [4.78, 5) is 23.2. The second-order valence-electron chi connectivity index (χ2n) is 4.78. The van der Waals surface area contributed by atoms with E-state index in [0.29, 0.717) is 28.6 Å². The van der Waals surface area contributed by atoms with Crippen LogP contribution >= 0.6 is 11.6 Å². The van der Waals surface area contributed by atoms with Gasteiger partial charge in [0.05, 0.1) is 0 Å². The predicted octanol–water partition coefficient (Wildman–Crippen LogP) is 3.71. The largest absolute Gasteiger partial charge is 0.484 e. The molecule has 0 unspecified atom stereocenters. The molecule has 2 rings (SSSR count). The lowest BCUT2D eigenvalue weighted by Gasteiger charge is -2.09. The molecule has 2 aromatic carbocycles. The smallest absolute Gasteiger partial charge is 0.262 e. The highest BCUT2D eigenvalue weighted by Crippen LogP contribution is 2.18. The van der Waals surface area contributed by atoms with Crippen LogP contribution in [0.25, 0.3) is 0 Å². The van der Waals surface area contributed by atoms with Crippen LogP contribution in [-0.4, -0.2) is 18.4 Å². The van der Waals surface area contributed by atoms with Crippen LogP contribution in [0.5, 0.6) is 5.75 Å². The van der Waals surface area contributed by atoms with E-state index in [0.717, 1.165) is 0 Å². The Morgan fingerprint density at radius 3 is 2.35 bits per heavy atom. The van der Waals surface area contributed by atoms with Crippen molar-refractivity contribution in [2.45, 2.75) is 13.3 Å². The molecule has 0 radical (unpaired) electrons. The van der Waals surface area contributed by atoms with Gasteiger partial charge in [-0.2, -0.15) is 0 Å². The highest BCUT2D eigenvalue weighted by molar-refractivity contribution is 6.30. The van der Waals surface area contributed by atoms with Crippen molar-refractivity contribution >= 4 is 34.8 Å². The Labute approximate surface area is 139 Å². The number of benzene rings is 2. The Hall–Kier alpha value is -2.53. The molecule has 2 aromatic rings. The van der Waals surface area contributed by atoms with E-state index < -0.39 is 0 Å². The molecule has 0 fully saturated rings. The van der Waals surface area contributed by atoms with Gasteiger partial charge in [0.2, 0.25) is 5.91 Å². The molecule has 0 saturated carbocycles. The van der Waals surface area contributed by atoms with Gasteiger partial charge in [-0.3, -0.25) is 9.59 Å². The molecule has 0 aliphatic heterocycles. The number of rotatable bonds is 6. The average Bonchev–Trinajstić information content (AvgIpc) is 2.53. The average molecular weight is 333 g/mol. The van der Waals surface area contributed by atoms with Crippen molar-refractivity contribution in [3.63, 3.8) is 0 Å². The summed E-state index contributed by atoms with van der Waals surface area (Å²) in [5.74, 6) is 0.122. The van der Waals surface area contributed by atoms with Crippen molar-refractivity contribution < 1.29 is 14.3 Å². The van der Waals surface area contributed by atoms with E-state index in [1.54, 1.807) is 55.5 Å². The van der Waals surface area contributed by atoms with Gasteiger partial charge in [-0.25, -0.2) is 0 Å². The van der Waals surface area contributed by atoms with Crippen LogP contribution in [0.4, 0.5) is 11.4 Å². The van der Waals surface area contributed by atoms with Crippen molar-refractivity contribution in [1.82, 2.24) is 0 Å². The minimum absolute atomic E-state index is 0.0825. The van der Waals surface area contributed by atoms with E-state index in [1.165, 1.54) is 0 Å². The first kappa shape index (κ1) is 16.8. The summed E-state index contributed by atoms with van der Waals surface area (Å²) in [6, 6.07) is 13.8. The van der Waals surface area contributed by atoms with Gasteiger partial charge in [-0.1, -0.05) is 30.7 Å². The third-order valence-electron chi connectivity index (χ3n) is 2.92. The zero-order chi connectivity index (χ0) is 16.7. The van der Waals surface area contributed by atoms with Crippen molar-refractivity contribution in [1.29, 1.82) is 0 Å². The third kappa shape index (κ3) is 5.64. The number of carbonyl (C=O) groups is 2. The van der Waals surface area contributed by atoms with Gasteiger partial charge in [-0.05, 0) is 30.3 Å². The Morgan fingerprint density at radius 2 is 1.65 bits per heavy atom. The van der Waals surface area contributed by atoms with Crippen LogP contribution in [0.15, 0.2) is 48.5 Å². The lowest BCUT2D eigenvalue weighted by atomic mass is 10.3. The topological polar surface area (TPSA) is 67.4 Å². The number of anilines is 2. The number of hydrogen-bond acceptors (Lipinski definition) is 3. The number of halogens is 1. The fourth-order valence-electron chi connectivity index (χ4n) is 1.83. The van der Waals surface area contributed by atoms with E-state index in [9.17, 15) is 9.59 Å². The van der Waals surface area contributed by atoms with Gasteiger partial charge in [0, 0.05) is 28.9 Å². The molecule has 0 aliphatic rings. The molecule has 6 heteroatoms. The quantitative estimate of drug-likeness (QED) is 0.847. The normalized spacial score (nSPS) is 10.0. The van der Waals surface area contributed by atoms with Crippen LogP contribution in [-0.2, 0) is 9.59 Å². The van der Waals surface area contributed by atoms with Crippen LogP contribution in [0, 0.1) is 0 Å². The summed E-state index contributed by atoms with van der Waals surface area (Å²) >= 11 is 5.86. The maximum Gasteiger partial charge on any atom is 0.262 e. The van der Waals surface area contributed by atoms with Crippen molar-refractivity contribution in [3.05, 3.63) is 53.6 Å². The summed E-state index contributed by atoms with van der Waals surface area (Å²) in [7, 11) is 0. The highest BCUT2D eigenvalue weighted by Gasteiger charge is 2.05. The standard InChI is InChI=1S/C17H17ClN2O3/c1-2-16(21)19-14-7-4-8-15(10-14)23-11-17(22)20-13-6-3-5-12(18)9-13/h3-10H,2,11H2,1H3,(H,19,21)(H,20,22). The van der Waals surface area contributed by atoms with E-state index in [4.69, 9.17) is 16.3 Å². The van der Waals surface area contributed by atoms with Crippen LogP contribution in [0.2, 0.25) is 5.02 Å². The zero-order valence-electron chi connectivity index (χ0n) is 12.6. The summed E-state index contributed by atoms with van der Waals surface area (Å²) in [5, 5.41) is 5.97. The second-order valence-corrected chi connectivity index (χ2v) is 5.21. The molecule has 23 heavy (non-hydrogen) atoms. The molecule has 0 aliphatic carbocycles. The number of hydrogen-bond donors (Lipinski definition) is 2. The van der Waals surface area contributed by atoms with Gasteiger partial charge in [-0.15, -0.1) is 0 Å². The fourth-order valence-corrected chi connectivity index (χ4v) is 2.02. The summed E-state index contributed by atoms with van der Waals surface area (Å²) in [5.41, 5.74) is 1.24. The molecule has 0 saturated heterocycles. The summed E-state index contributed by atoms with van der Waals surface area (Å²) in [6.45, 7) is 1.63. The lowest BCUT2D eigenvalue weighted by molar-refractivity contribution is -0.118. The van der Waals surface area contributed by atoms with Crippen molar-refractivity contribution in [2.24, 2.45) is 0 Å². The molecule has 5 nitrogen and oxygen atoms in total. The Morgan fingerprint density at radius 1 is 1.00 bits per heavy atom. The Bertz CT molecular complexity index is 704. The Kier molecular flexibility index (Phi) is 6.00. The first-order chi connectivity index (χ1) is 11.1. The predicted molar refractivity (Wildman–Crippen MR) is 90.9 cm³/mol. The molecular formula is C17H17ClN2O3. The lowest BCUT2D eigenvalue weighted by Crippen LogP contribution is -2.20. The number of ether oxygens (including phenoxy) is 1. The van der Waals surface area contributed by atoms with Gasteiger partial charge in [0.15, 0.2) is 6.61 Å². The molecule has 0 spiro atoms. The number of carbonyl (C=O) groups excluding carboxylic acids is 2. The molecular weight excluding hydrogens is 316 g/mol. The van der Waals surface area contributed by atoms with Crippen molar-refractivity contribution in [3.8, 4) is 5.75 Å². The molecule has 0 atom stereocenters. The molecule has 0 aromatic heterocycles. The number of nitrogens with one attached hydrogen (secondary N) is 2. The van der Waals surface area contributed by atoms with Crippen molar-refractivity contribution in [2.75, 3.05) is 17.2 Å². The Balaban J connectivity index is 1.89. The SMILES string of the molecule is CCC(=O)Nc1cccc(OCC(=O)Nc2cccc(Cl)c2)c1. The van der Waals surface area contributed by atoms with E-state index >= 15 is 0 Å². The van der Waals surface area contributed by atoms with Gasteiger partial charge >= 0.3 is 0 Å². The molecule has 0 bridgehead atoms. The second kappa shape index (κ2) is 8.19. The summed E-state index contributed by atoms with van der Waals surface area (Å²) < 4.78 is 5.43. The molecule has 0 heterocycles. The van der Waals surface area contributed by atoms with Crippen LogP contribution in [0.1, 0.15) is 13.3 Å². The van der Waals surface area contributed by atoms with Gasteiger partial charge in [0.25, 0.3) is 5.91 Å². The van der Waals surface area contributed by atoms with Crippen LogP contribution < -0.4 is 15.4 Å². The van der Waals surface area contributed by atoms with E-state index in [2.05, 4.69) is 10.6 Å². The molecule has 2 N–H and O–H groups in total. The van der Waals surface area contributed by atoms with E-state index in [1.807, 2.05) is 0 Å². The fraction of sp³-hybridized carbons (Fsp3) is 0.176. The highest BCUT2D eigenvalue weighted by atomic mass is 35.5. The molecule has 2 amide bonds. The van der Waals surface area contributed by atoms with E-state index in [-0.39, 0.29) is 18.4 Å². The number of amides is 2. The monoisotopic (exact) mass is 332 g/mol.